The molecule has 5 nitrogen and oxygen atoms in total. The van der Waals surface area contributed by atoms with Crippen molar-refractivity contribution in [1.82, 2.24) is 0 Å². The minimum absolute atomic E-state index is 0.0463. The molecule has 0 saturated carbocycles. The van der Waals surface area contributed by atoms with Gasteiger partial charge in [0, 0.05) is 24.7 Å². The highest BCUT2D eigenvalue weighted by molar-refractivity contribution is 5.88. The summed E-state index contributed by atoms with van der Waals surface area (Å²) < 4.78 is 0. The second-order valence-corrected chi connectivity index (χ2v) is 7.46. The summed E-state index contributed by atoms with van der Waals surface area (Å²) >= 11 is 0. The van der Waals surface area contributed by atoms with Gasteiger partial charge in [-0.15, -0.1) is 0 Å². The van der Waals surface area contributed by atoms with Gasteiger partial charge in [-0.1, -0.05) is 43.7 Å². The van der Waals surface area contributed by atoms with Crippen molar-refractivity contribution in [2.45, 2.75) is 44.4 Å². The Hall–Kier alpha value is -2.82. The van der Waals surface area contributed by atoms with Crippen LogP contribution >= 0.6 is 0 Å². The highest BCUT2D eigenvalue weighted by Gasteiger charge is 2.31. The molecule has 0 aliphatic carbocycles. The van der Waals surface area contributed by atoms with E-state index in [1.54, 1.807) is 24.3 Å². The molecule has 1 aliphatic heterocycles. The fourth-order valence-electron chi connectivity index (χ4n) is 4.29. The van der Waals surface area contributed by atoms with Gasteiger partial charge in [-0.2, -0.15) is 0 Å². The Bertz CT molecular complexity index is 826. The molecule has 0 bridgehead atoms. The van der Waals surface area contributed by atoms with Crippen LogP contribution < -0.4 is 10.6 Å². The van der Waals surface area contributed by atoms with Gasteiger partial charge >= 0.3 is 5.97 Å². The number of hydrogen-bond donors (Lipinski definition) is 2. The second kappa shape index (κ2) is 8.91. The minimum Gasteiger partial charge on any atom is -0.478 e. The predicted molar refractivity (Wildman–Crippen MR) is 111 cm³/mol. The first-order valence-electron chi connectivity index (χ1n) is 9.99. The van der Waals surface area contributed by atoms with E-state index in [1.807, 2.05) is 12.1 Å². The van der Waals surface area contributed by atoms with Crippen molar-refractivity contribution in [3.8, 4) is 0 Å². The highest BCUT2D eigenvalue weighted by Crippen LogP contribution is 2.41. The molecule has 1 fully saturated rings. The maximum atomic E-state index is 12.5. The van der Waals surface area contributed by atoms with Crippen molar-refractivity contribution in [1.29, 1.82) is 0 Å². The van der Waals surface area contributed by atoms with E-state index in [2.05, 4.69) is 24.0 Å². The monoisotopic (exact) mass is 380 g/mol. The summed E-state index contributed by atoms with van der Waals surface area (Å²) in [6, 6.07) is 14.8. The van der Waals surface area contributed by atoms with Gasteiger partial charge in [-0.25, -0.2) is 4.79 Å². The molecule has 5 heteroatoms. The van der Waals surface area contributed by atoms with Gasteiger partial charge in [-0.3, -0.25) is 4.79 Å². The lowest BCUT2D eigenvalue weighted by atomic mass is 9.77. The number of carbonyl (C=O) groups excluding carboxylic acids is 1. The maximum Gasteiger partial charge on any atom is 0.335 e. The fourth-order valence-corrected chi connectivity index (χ4v) is 4.29. The Morgan fingerprint density at radius 1 is 1.07 bits per heavy atom. The molecule has 148 valence electrons. The first-order chi connectivity index (χ1) is 13.5. The quantitative estimate of drug-likeness (QED) is 0.721. The van der Waals surface area contributed by atoms with Gasteiger partial charge in [0.2, 0.25) is 5.91 Å². The van der Waals surface area contributed by atoms with Crippen LogP contribution in [-0.2, 0) is 4.79 Å². The normalized spacial score (nSPS) is 16.0. The number of nitrogens with zero attached hydrogens (tertiary/aromatic N) is 1. The minimum atomic E-state index is -0.980. The van der Waals surface area contributed by atoms with Crippen LogP contribution in [0.3, 0.4) is 0 Å². The molecule has 1 aliphatic rings. The molecule has 2 aromatic rings. The highest BCUT2D eigenvalue weighted by atomic mass is 16.4. The van der Waals surface area contributed by atoms with Crippen molar-refractivity contribution < 1.29 is 14.7 Å². The summed E-state index contributed by atoms with van der Waals surface area (Å²) in [6.07, 6.45) is 4.13. The van der Waals surface area contributed by atoms with Gasteiger partial charge in [0.05, 0.1) is 11.5 Å². The zero-order chi connectivity index (χ0) is 20.1. The molecule has 2 unspecified atom stereocenters. The number of benzene rings is 2. The Morgan fingerprint density at radius 3 is 2.29 bits per heavy atom. The number of rotatable bonds is 8. The number of carboxylic acid groups (broad SMARTS) is 1. The Balaban J connectivity index is 2.03. The van der Waals surface area contributed by atoms with E-state index in [-0.39, 0.29) is 17.4 Å². The van der Waals surface area contributed by atoms with Crippen LogP contribution in [0.25, 0.3) is 0 Å². The summed E-state index contributed by atoms with van der Waals surface area (Å²) in [5.41, 5.74) is 9.18. The number of primary amides is 1. The van der Waals surface area contributed by atoms with E-state index in [1.165, 1.54) is 18.5 Å². The number of para-hydroxylation sites is 1. The fraction of sp³-hybridized carbons (Fsp3) is 0.391. The molecule has 2 atom stereocenters. The van der Waals surface area contributed by atoms with Crippen LogP contribution in [0.5, 0.6) is 0 Å². The Kier molecular flexibility index (Phi) is 6.34. The van der Waals surface area contributed by atoms with Crippen LogP contribution in [0.4, 0.5) is 5.69 Å². The SMILES string of the molecule is CCCC(c1ccccc1N1CCCC1)C(C(N)=O)c1ccc(C(=O)O)cc1. The van der Waals surface area contributed by atoms with Gasteiger partial charge in [0.25, 0.3) is 0 Å². The molecule has 1 amide bonds. The van der Waals surface area contributed by atoms with Gasteiger partial charge < -0.3 is 15.7 Å². The van der Waals surface area contributed by atoms with Crippen molar-refractivity contribution >= 4 is 17.6 Å². The smallest absolute Gasteiger partial charge is 0.335 e. The van der Waals surface area contributed by atoms with Crippen LogP contribution in [0, 0.1) is 0 Å². The largest absolute Gasteiger partial charge is 0.478 e. The molecular weight excluding hydrogens is 352 g/mol. The van der Waals surface area contributed by atoms with Gasteiger partial charge in [-0.05, 0) is 48.6 Å². The standard InChI is InChI=1S/C23H28N2O3/c1-2-7-19(18-8-3-4-9-20(18)25-14-5-6-15-25)21(22(24)26)16-10-12-17(13-11-16)23(27)28/h3-4,8-13,19,21H,2,5-7,14-15H2,1H3,(H2,24,26)(H,27,28). The first kappa shape index (κ1) is 19.9. The zero-order valence-electron chi connectivity index (χ0n) is 16.3. The third-order valence-electron chi connectivity index (χ3n) is 5.61. The van der Waals surface area contributed by atoms with Crippen LogP contribution in [0.15, 0.2) is 48.5 Å². The number of amides is 1. The Labute approximate surface area is 166 Å². The number of hydrogen-bond acceptors (Lipinski definition) is 3. The molecule has 2 aromatic carbocycles. The van der Waals surface area contributed by atoms with Crippen LogP contribution in [0.2, 0.25) is 0 Å². The van der Waals surface area contributed by atoms with E-state index >= 15 is 0 Å². The number of nitrogens with two attached hydrogens (primary N) is 1. The lowest BCUT2D eigenvalue weighted by Gasteiger charge is -2.30. The molecule has 1 heterocycles. The number of carboxylic acids is 1. The van der Waals surface area contributed by atoms with Crippen molar-refractivity contribution in [2.75, 3.05) is 18.0 Å². The van der Waals surface area contributed by atoms with Gasteiger partial charge in [0.1, 0.15) is 0 Å². The van der Waals surface area contributed by atoms with E-state index in [0.29, 0.717) is 0 Å². The summed E-state index contributed by atoms with van der Waals surface area (Å²) in [6.45, 7) is 4.17. The first-order valence-corrected chi connectivity index (χ1v) is 9.99. The van der Waals surface area contributed by atoms with E-state index < -0.39 is 11.9 Å². The number of carbonyl (C=O) groups is 2. The lowest BCUT2D eigenvalue weighted by Crippen LogP contribution is -2.29. The van der Waals surface area contributed by atoms with Crippen LogP contribution in [0.1, 0.15) is 65.9 Å². The number of aromatic carboxylic acids is 1. The molecule has 0 radical (unpaired) electrons. The molecule has 0 spiro atoms. The molecule has 28 heavy (non-hydrogen) atoms. The molecule has 3 rings (SSSR count). The zero-order valence-corrected chi connectivity index (χ0v) is 16.3. The van der Waals surface area contributed by atoms with Crippen molar-refractivity contribution in [3.63, 3.8) is 0 Å². The summed E-state index contributed by atoms with van der Waals surface area (Å²) in [4.78, 5) is 26.1. The van der Waals surface area contributed by atoms with E-state index in [4.69, 9.17) is 10.8 Å². The third kappa shape index (κ3) is 4.19. The summed E-state index contributed by atoms with van der Waals surface area (Å²) in [5, 5.41) is 9.16. The molecule has 1 saturated heterocycles. The van der Waals surface area contributed by atoms with Crippen molar-refractivity contribution in [3.05, 3.63) is 65.2 Å². The maximum absolute atomic E-state index is 12.5. The van der Waals surface area contributed by atoms with Crippen molar-refractivity contribution in [2.24, 2.45) is 5.73 Å². The van der Waals surface area contributed by atoms with Crippen LogP contribution in [-0.4, -0.2) is 30.1 Å². The van der Waals surface area contributed by atoms with E-state index in [9.17, 15) is 9.59 Å². The molecule has 0 aromatic heterocycles. The Morgan fingerprint density at radius 2 is 1.71 bits per heavy atom. The summed E-state index contributed by atoms with van der Waals surface area (Å²) in [7, 11) is 0. The molecular formula is C23H28N2O3. The third-order valence-corrected chi connectivity index (χ3v) is 5.61. The molecule has 3 N–H and O–H groups in total. The second-order valence-electron chi connectivity index (χ2n) is 7.46. The predicted octanol–water partition coefficient (Wildman–Crippen LogP) is 4.14. The average molecular weight is 380 g/mol. The summed E-state index contributed by atoms with van der Waals surface area (Å²) in [5.74, 6) is -1.90. The average Bonchev–Trinajstić information content (AvgIpc) is 3.22. The van der Waals surface area contributed by atoms with E-state index in [0.717, 1.165) is 37.1 Å². The number of anilines is 1. The van der Waals surface area contributed by atoms with Gasteiger partial charge in [0.15, 0.2) is 0 Å². The topological polar surface area (TPSA) is 83.6 Å². The lowest BCUT2D eigenvalue weighted by molar-refractivity contribution is -0.120.